The van der Waals surface area contributed by atoms with Gasteiger partial charge in [-0.3, -0.25) is 0 Å². The molecule has 1 N–H and O–H groups in total. The summed E-state index contributed by atoms with van der Waals surface area (Å²) >= 11 is 0. The highest BCUT2D eigenvalue weighted by atomic mass is 19.4. The monoisotopic (exact) mass is 361 g/mol. The number of aromatic hydroxyl groups is 1. The van der Waals surface area contributed by atoms with Crippen molar-refractivity contribution in [1.29, 1.82) is 0 Å². The van der Waals surface area contributed by atoms with Gasteiger partial charge < -0.3 is 19.5 Å². The summed E-state index contributed by atoms with van der Waals surface area (Å²) in [5, 5.41) is 10.0. The number of likely N-dealkylation sites (tertiary alicyclic amines) is 1. The molecule has 1 aromatic carbocycles. The molecule has 140 valence electrons. The third kappa shape index (κ3) is 5.72. The van der Waals surface area contributed by atoms with Crippen molar-refractivity contribution < 1.29 is 32.5 Å². The molecule has 0 atom stereocenters. The van der Waals surface area contributed by atoms with Crippen molar-refractivity contribution in [3.8, 4) is 11.5 Å². The smallest absolute Gasteiger partial charge is 0.508 e. The Balaban J connectivity index is 1.98. The van der Waals surface area contributed by atoms with Crippen molar-refractivity contribution in [3.63, 3.8) is 0 Å². The first-order valence-electron chi connectivity index (χ1n) is 8.01. The molecular formula is C17H22F3NO4. The van der Waals surface area contributed by atoms with Gasteiger partial charge in [0.05, 0.1) is 0 Å². The van der Waals surface area contributed by atoms with Crippen molar-refractivity contribution >= 4 is 6.09 Å². The molecule has 0 bridgehead atoms. The molecule has 2 rings (SSSR count). The molecule has 1 amide bonds. The maximum atomic E-state index is 12.2. The van der Waals surface area contributed by atoms with E-state index in [0.29, 0.717) is 31.5 Å². The Bertz CT molecular complexity index is 617. The van der Waals surface area contributed by atoms with Crippen LogP contribution in [0, 0.1) is 0 Å². The molecule has 0 aliphatic carbocycles. The Morgan fingerprint density at radius 3 is 2.28 bits per heavy atom. The summed E-state index contributed by atoms with van der Waals surface area (Å²) in [6.07, 6.45) is -4.00. The number of piperidine rings is 1. The second-order valence-corrected chi connectivity index (χ2v) is 7.01. The minimum Gasteiger partial charge on any atom is -0.508 e. The first-order valence-corrected chi connectivity index (χ1v) is 8.01. The highest BCUT2D eigenvalue weighted by Crippen LogP contribution is 2.37. The Morgan fingerprint density at radius 2 is 1.80 bits per heavy atom. The number of alkyl halides is 3. The second kappa shape index (κ2) is 7.01. The summed E-state index contributed by atoms with van der Waals surface area (Å²) in [7, 11) is 0. The van der Waals surface area contributed by atoms with Crippen LogP contribution in [0.5, 0.6) is 11.5 Å². The zero-order valence-electron chi connectivity index (χ0n) is 14.4. The lowest BCUT2D eigenvalue weighted by atomic mass is 9.89. The number of halogens is 3. The van der Waals surface area contributed by atoms with Crippen molar-refractivity contribution in [1.82, 2.24) is 4.90 Å². The molecule has 0 saturated carbocycles. The summed E-state index contributed by atoms with van der Waals surface area (Å²) in [6.45, 7) is 6.29. The largest absolute Gasteiger partial charge is 0.573 e. The van der Waals surface area contributed by atoms with Gasteiger partial charge in [-0.1, -0.05) is 6.07 Å². The molecule has 1 saturated heterocycles. The second-order valence-electron chi connectivity index (χ2n) is 7.01. The Morgan fingerprint density at radius 1 is 1.20 bits per heavy atom. The van der Waals surface area contributed by atoms with Gasteiger partial charge in [-0.25, -0.2) is 4.79 Å². The highest BCUT2D eigenvalue weighted by molar-refractivity contribution is 5.68. The summed E-state index contributed by atoms with van der Waals surface area (Å²) in [5.74, 6) is -0.740. The molecule has 1 aliphatic heterocycles. The lowest BCUT2D eigenvalue weighted by Crippen LogP contribution is -2.41. The van der Waals surface area contributed by atoms with Crippen molar-refractivity contribution in [2.45, 2.75) is 51.5 Å². The predicted octanol–water partition coefficient (Wildman–Crippen LogP) is 4.41. The molecule has 1 aliphatic rings. The van der Waals surface area contributed by atoms with E-state index in [0.717, 1.165) is 6.07 Å². The van der Waals surface area contributed by atoms with E-state index in [1.54, 1.807) is 25.7 Å². The molecule has 1 fully saturated rings. The van der Waals surface area contributed by atoms with Crippen LogP contribution in [0.3, 0.4) is 0 Å². The van der Waals surface area contributed by atoms with E-state index in [2.05, 4.69) is 4.74 Å². The number of hydrogen-bond donors (Lipinski definition) is 1. The van der Waals surface area contributed by atoms with Crippen molar-refractivity contribution in [2.24, 2.45) is 0 Å². The average Bonchev–Trinajstić information content (AvgIpc) is 2.44. The Labute approximate surface area is 144 Å². The molecule has 25 heavy (non-hydrogen) atoms. The summed E-state index contributed by atoms with van der Waals surface area (Å²) < 4.78 is 45.7. The third-order valence-corrected chi connectivity index (χ3v) is 3.82. The third-order valence-electron chi connectivity index (χ3n) is 3.82. The first-order chi connectivity index (χ1) is 11.4. The average molecular weight is 361 g/mol. The minimum absolute atomic E-state index is 0.0429. The number of carbonyl (C=O) groups is 1. The standard InChI is InChI=1S/C17H22F3NO4/c1-16(2,3)25-15(23)21-8-6-11(7-9-21)13-5-4-12(10-14(13)22)24-17(18,19)20/h4-5,10-11,22H,6-9H2,1-3H3. The van der Waals surface area contributed by atoms with Crippen LogP contribution < -0.4 is 4.74 Å². The number of amides is 1. The van der Waals surface area contributed by atoms with E-state index in [1.807, 2.05) is 0 Å². The quantitative estimate of drug-likeness (QED) is 0.848. The first kappa shape index (κ1) is 19.2. The molecule has 0 aromatic heterocycles. The van der Waals surface area contributed by atoms with E-state index in [4.69, 9.17) is 4.74 Å². The summed E-state index contributed by atoms with van der Waals surface area (Å²) in [5.41, 5.74) is -0.0149. The molecule has 0 radical (unpaired) electrons. The van der Waals surface area contributed by atoms with Gasteiger partial charge in [0.15, 0.2) is 0 Å². The number of nitrogens with zero attached hydrogens (tertiary/aromatic N) is 1. The fraction of sp³-hybridized carbons (Fsp3) is 0.588. The Hall–Kier alpha value is -2.12. The zero-order chi connectivity index (χ0) is 18.8. The van der Waals surface area contributed by atoms with Crippen LogP contribution in [-0.2, 0) is 4.74 Å². The fourth-order valence-electron chi connectivity index (χ4n) is 2.77. The lowest BCUT2D eigenvalue weighted by molar-refractivity contribution is -0.274. The van der Waals surface area contributed by atoms with Gasteiger partial charge in [-0.2, -0.15) is 0 Å². The predicted molar refractivity (Wildman–Crippen MR) is 84.6 cm³/mol. The number of ether oxygens (including phenoxy) is 2. The number of phenolic OH excluding ortho intramolecular Hbond substituents is 1. The van der Waals surface area contributed by atoms with E-state index in [1.165, 1.54) is 12.1 Å². The number of benzene rings is 1. The summed E-state index contributed by atoms with van der Waals surface area (Å²) in [6, 6.07) is 3.58. The van der Waals surface area contributed by atoms with Crippen LogP contribution in [0.1, 0.15) is 45.1 Å². The van der Waals surface area contributed by atoms with E-state index < -0.39 is 17.7 Å². The zero-order valence-corrected chi connectivity index (χ0v) is 14.4. The van der Waals surface area contributed by atoms with Crippen LogP contribution in [0.4, 0.5) is 18.0 Å². The van der Waals surface area contributed by atoms with Gasteiger partial charge in [0.25, 0.3) is 0 Å². The van der Waals surface area contributed by atoms with Crippen molar-refractivity contribution in [3.05, 3.63) is 23.8 Å². The van der Waals surface area contributed by atoms with Crippen LogP contribution in [0.2, 0.25) is 0 Å². The van der Waals surface area contributed by atoms with E-state index in [9.17, 15) is 23.1 Å². The van der Waals surface area contributed by atoms with Gasteiger partial charge in [0.1, 0.15) is 17.1 Å². The lowest BCUT2D eigenvalue weighted by Gasteiger charge is -2.33. The fourth-order valence-corrected chi connectivity index (χ4v) is 2.77. The number of rotatable bonds is 2. The van der Waals surface area contributed by atoms with Crippen LogP contribution in [0.15, 0.2) is 18.2 Å². The normalized spacial score (nSPS) is 16.6. The molecule has 0 spiro atoms. The van der Waals surface area contributed by atoms with Crippen molar-refractivity contribution in [2.75, 3.05) is 13.1 Å². The number of carbonyl (C=O) groups excluding carboxylic acids is 1. The van der Waals surface area contributed by atoms with Gasteiger partial charge in [-0.05, 0) is 51.2 Å². The molecule has 1 aromatic rings. The van der Waals surface area contributed by atoms with Gasteiger partial charge in [-0.15, -0.1) is 13.2 Å². The number of hydrogen-bond acceptors (Lipinski definition) is 4. The number of phenols is 1. The van der Waals surface area contributed by atoms with E-state index in [-0.39, 0.29) is 17.8 Å². The van der Waals surface area contributed by atoms with Crippen LogP contribution >= 0.6 is 0 Å². The summed E-state index contributed by atoms with van der Waals surface area (Å²) in [4.78, 5) is 13.6. The van der Waals surface area contributed by atoms with Gasteiger partial charge >= 0.3 is 12.5 Å². The van der Waals surface area contributed by atoms with Crippen LogP contribution in [0.25, 0.3) is 0 Å². The SMILES string of the molecule is CC(C)(C)OC(=O)N1CCC(c2ccc(OC(F)(F)F)cc2O)CC1. The topological polar surface area (TPSA) is 59.0 Å². The van der Waals surface area contributed by atoms with Gasteiger partial charge in [0.2, 0.25) is 0 Å². The molecule has 1 heterocycles. The highest BCUT2D eigenvalue weighted by Gasteiger charge is 2.32. The molecule has 8 heteroatoms. The van der Waals surface area contributed by atoms with Crippen LogP contribution in [-0.4, -0.2) is 41.2 Å². The maximum absolute atomic E-state index is 12.2. The minimum atomic E-state index is -4.80. The maximum Gasteiger partial charge on any atom is 0.573 e. The van der Waals surface area contributed by atoms with Gasteiger partial charge in [0, 0.05) is 19.2 Å². The Kier molecular flexibility index (Phi) is 5.39. The molecule has 5 nitrogen and oxygen atoms in total. The molecular weight excluding hydrogens is 339 g/mol. The molecule has 0 unspecified atom stereocenters. The van der Waals surface area contributed by atoms with E-state index >= 15 is 0 Å².